The van der Waals surface area contributed by atoms with Gasteiger partial charge in [0.2, 0.25) is 0 Å². The zero-order valence-corrected chi connectivity index (χ0v) is 7.63. The number of hydrogen-bond acceptors (Lipinski definition) is 3. The Morgan fingerprint density at radius 3 is 3.09 bits per heavy atom. The van der Waals surface area contributed by atoms with Gasteiger partial charge < -0.3 is 12.4 Å². The summed E-state index contributed by atoms with van der Waals surface area (Å²) in [5.74, 6) is 0.881. The van der Waals surface area contributed by atoms with Crippen molar-refractivity contribution in [3.63, 3.8) is 0 Å². The first-order chi connectivity index (χ1) is 4.93. The maximum atomic E-state index is 8.23. The molecule has 1 aliphatic heterocycles. The van der Waals surface area contributed by atoms with E-state index >= 15 is 0 Å². The predicted octanol–water partition coefficient (Wildman–Crippen LogP) is -4.32. The lowest BCUT2D eigenvalue weighted by Crippen LogP contribution is -3.00. The van der Waals surface area contributed by atoms with Crippen LogP contribution in [-0.4, -0.2) is 24.0 Å². The lowest BCUT2D eigenvalue weighted by atomic mass is 10.6. The van der Waals surface area contributed by atoms with Crippen molar-refractivity contribution in [2.24, 2.45) is 0 Å². The van der Waals surface area contributed by atoms with E-state index in [0.717, 1.165) is 24.0 Å². The van der Waals surface area contributed by atoms with E-state index < -0.39 is 0 Å². The minimum absolute atomic E-state index is 0. The maximum Gasteiger partial charge on any atom is 0.304 e. The first-order valence-corrected chi connectivity index (χ1v) is 4.26. The lowest BCUT2D eigenvalue weighted by Gasteiger charge is -1.89. The number of nitrogens with one attached hydrogen (secondary N) is 2. The molecule has 11 heavy (non-hydrogen) atoms. The summed E-state index contributed by atoms with van der Waals surface area (Å²) in [5, 5.41) is 12.5. The third-order valence-electron chi connectivity index (χ3n) is 1.16. The van der Waals surface area contributed by atoms with Crippen molar-refractivity contribution in [3.8, 4) is 6.07 Å². The van der Waals surface area contributed by atoms with Crippen LogP contribution in [0.1, 0.15) is 6.42 Å². The summed E-state index contributed by atoms with van der Waals surface area (Å²) in [4.78, 5) is 3.17. The largest absolute Gasteiger partial charge is 1.00 e. The second-order valence-corrected chi connectivity index (χ2v) is 3.04. The van der Waals surface area contributed by atoms with Crippen LogP contribution >= 0.6 is 11.8 Å². The Morgan fingerprint density at radius 1 is 1.73 bits per heavy atom. The molecule has 0 saturated heterocycles. The molecule has 0 aromatic heterocycles. The van der Waals surface area contributed by atoms with Crippen LogP contribution in [-0.2, 0) is 0 Å². The van der Waals surface area contributed by atoms with Gasteiger partial charge in [0.15, 0.2) is 0 Å². The molecule has 5 heteroatoms. The summed E-state index contributed by atoms with van der Waals surface area (Å²) in [6.45, 7) is 2.02. The molecule has 0 aliphatic carbocycles. The topological polar surface area (TPSA) is 49.8 Å². The fourth-order valence-electron chi connectivity index (χ4n) is 0.715. The fraction of sp³-hybridized carbons (Fsp3) is 0.667. The van der Waals surface area contributed by atoms with E-state index in [9.17, 15) is 0 Å². The molecule has 1 heterocycles. The smallest absolute Gasteiger partial charge is 0.304 e. The number of amidine groups is 1. The monoisotopic (exact) mass is 191 g/mol. The van der Waals surface area contributed by atoms with Gasteiger partial charge in [-0.25, -0.2) is 0 Å². The second-order valence-electron chi connectivity index (χ2n) is 1.94. The molecule has 0 spiro atoms. The normalized spacial score (nSPS) is 14.3. The highest BCUT2D eigenvalue weighted by Crippen LogP contribution is 1.99. The third kappa shape index (κ3) is 4.12. The van der Waals surface area contributed by atoms with Crippen molar-refractivity contribution in [2.45, 2.75) is 6.42 Å². The third-order valence-corrected chi connectivity index (χ3v) is 2.14. The fourth-order valence-corrected chi connectivity index (χ4v) is 1.52. The summed E-state index contributed by atoms with van der Waals surface area (Å²) >= 11 is 1.68. The second kappa shape index (κ2) is 6.32. The quantitative estimate of drug-likeness (QED) is 0.434. The molecule has 2 N–H and O–H groups in total. The number of hydrogen-bond donors (Lipinski definition) is 2. The molecule has 0 atom stereocenters. The zero-order valence-electron chi connectivity index (χ0n) is 6.06. The summed E-state index contributed by atoms with van der Waals surface area (Å²) in [6, 6.07) is 2.10. The Labute approximate surface area is 76.7 Å². The minimum atomic E-state index is 0. The van der Waals surface area contributed by atoms with Crippen LogP contribution in [0.3, 0.4) is 0 Å². The van der Waals surface area contributed by atoms with Gasteiger partial charge in [0.1, 0.15) is 13.1 Å². The van der Waals surface area contributed by atoms with Crippen LogP contribution in [0.4, 0.5) is 0 Å². The highest BCUT2D eigenvalue weighted by Gasteiger charge is 2.11. The van der Waals surface area contributed by atoms with Gasteiger partial charge in [0, 0.05) is 12.2 Å². The van der Waals surface area contributed by atoms with Crippen molar-refractivity contribution in [3.05, 3.63) is 0 Å². The molecular weight excluding hydrogens is 182 g/mol. The van der Waals surface area contributed by atoms with E-state index in [4.69, 9.17) is 5.26 Å². The van der Waals surface area contributed by atoms with Crippen LogP contribution in [0.5, 0.6) is 0 Å². The molecule has 1 aliphatic rings. The van der Waals surface area contributed by atoms with Crippen molar-refractivity contribution >= 4 is 16.9 Å². The van der Waals surface area contributed by atoms with Gasteiger partial charge in [-0.3, -0.25) is 10.3 Å². The molecule has 0 saturated carbocycles. The van der Waals surface area contributed by atoms with Gasteiger partial charge in [-0.15, -0.1) is 0 Å². The molecule has 62 valence electrons. The minimum Gasteiger partial charge on any atom is -1.00 e. The van der Waals surface area contributed by atoms with E-state index in [1.807, 2.05) is 0 Å². The van der Waals surface area contributed by atoms with Crippen molar-refractivity contribution < 1.29 is 17.4 Å². The highest BCUT2D eigenvalue weighted by atomic mass is 35.5. The van der Waals surface area contributed by atoms with Gasteiger partial charge in [0.25, 0.3) is 0 Å². The SMILES string of the molecule is N#CCCSC1=[NH+]CCN1.[Cl-]. The van der Waals surface area contributed by atoms with Gasteiger partial charge in [0.05, 0.1) is 6.07 Å². The molecular formula is C6H10ClN3S. The number of thioether (sulfide) groups is 1. The predicted molar refractivity (Wildman–Crippen MR) is 41.5 cm³/mol. The Morgan fingerprint density at radius 2 is 2.55 bits per heavy atom. The van der Waals surface area contributed by atoms with Crippen LogP contribution in [0.15, 0.2) is 0 Å². The standard InChI is InChI=1S/C6H9N3S.ClH/c7-2-1-5-10-6-8-3-4-9-6;/h1,3-5H2,(H,8,9);1H. The van der Waals surface area contributed by atoms with Crippen molar-refractivity contribution in [1.29, 1.82) is 5.26 Å². The van der Waals surface area contributed by atoms with Gasteiger partial charge in [-0.05, 0) is 11.8 Å². The molecule has 1 rings (SSSR count). The van der Waals surface area contributed by atoms with Crippen LogP contribution in [0.2, 0.25) is 0 Å². The molecule has 0 fully saturated rings. The highest BCUT2D eigenvalue weighted by molar-refractivity contribution is 8.13. The van der Waals surface area contributed by atoms with Crippen molar-refractivity contribution in [2.75, 3.05) is 18.8 Å². The van der Waals surface area contributed by atoms with E-state index in [-0.39, 0.29) is 12.4 Å². The van der Waals surface area contributed by atoms with E-state index in [2.05, 4.69) is 16.4 Å². The number of rotatable bonds is 2. The average Bonchev–Trinajstić information content (AvgIpc) is 2.41. The Bertz CT molecular complexity index is 175. The van der Waals surface area contributed by atoms with E-state index in [1.54, 1.807) is 11.8 Å². The zero-order chi connectivity index (χ0) is 7.23. The van der Waals surface area contributed by atoms with Gasteiger partial charge in [-0.2, -0.15) is 5.26 Å². The molecule has 3 nitrogen and oxygen atoms in total. The number of nitriles is 1. The number of halogens is 1. The van der Waals surface area contributed by atoms with E-state index in [1.165, 1.54) is 0 Å². The maximum absolute atomic E-state index is 8.23. The van der Waals surface area contributed by atoms with Crippen LogP contribution in [0, 0.1) is 11.3 Å². The van der Waals surface area contributed by atoms with Crippen LogP contribution < -0.4 is 22.7 Å². The van der Waals surface area contributed by atoms with Crippen molar-refractivity contribution in [1.82, 2.24) is 5.32 Å². The summed E-state index contributed by atoms with van der Waals surface area (Å²) in [5.41, 5.74) is 0. The molecule has 0 amide bonds. The summed E-state index contributed by atoms with van der Waals surface area (Å²) in [7, 11) is 0. The summed E-state index contributed by atoms with van der Waals surface area (Å²) < 4.78 is 0. The average molecular weight is 192 g/mol. The van der Waals surface area contributed by atoms with Gasteiger partial charge >= 0.3 is 5.17 Å². The Hall–Kier alpha value is -0.400. The molecule has 0 unspecified atom stereocenters. The Kier molecular flexibility index (Phi) is 6.09. The molecule has 0 radical (unpaired) electrons. The Balaban J connectivity index is 0.000001000. The first kappa shape index (κ1) is 10.6. The number of nitrogens with zero attached hydrogens (tertiary/aromatic N) is 1. The molecule has 0 bridgehead atoms. The van der Waals surface area contributed by atoms with Crippen LogP contribution in [0.25, 0.3) is 0 Å². The van der Waals surface area contributed by atoms with E-state index in [0.29, 0.717) is 6.42 Å². The first-order valence-electron chi connectivity index (χ1n) is 3.28. The lowest BCUT2D eigenvalue weighted by molar-refractivity contribution is -0.441. The molecule has 0 aromatic carbocycles. The van der Waals surface area contributed by atoms with Gasteiger partial charge in [-0.1, -0.05) is 0 Å². The summed E-state index contributed by atoms with van der Waals surface area (Å²) in [6.07, 6.45) is 0.623. The molecule has 0 aromatic rings.